The van der Waals surface area contributed by atoms with Gasteiger partial charge in [0.15, 0.2) is 0 Å². The second-order valence-corrected chi connectivity index (χ2v) is 11.1. The van der Waals surface area contributed by atoms with Crippen molar-refractivity contribution in [2.75, 3.05) is 19.6 Å². The van der Waals surface area contributed by atoms with Crippen LogP contribution in [0.1, 0.15) is 74.8 Å². The highest BCUT2D eigenvalue weighted by atomic mass is 35.5. The van der Waals surface area contributed by atoms with Gasteiger partial charge in [-0.2, -0.15) is 0 Å². The van der Waals surface area contributed by atoms with Crippen molar-refractivity contribution in [3.05, 3.63) is 57.6 Å². The normalized spacial score (nSPS) is 20.5. The molecule has 2 aliphatic heterocycles. The minimum Gasteiger partial charge on any atom is -0.457 e. The summed E-state index contributed by atoms with van der Waals surface area (Å²) < 4.78 is 6.06. The molecule has 1 aliphatic carbocycles. The molecule has 0 radical (unpaired) electrons. The van der Waals surface area contributed by atoms with Gasteiger partial charge < -0.3 is 15.0 Å². The predicted molar refractivity (Wildman–Crippen MR) is 138 cm³/mol. The van der Waals surface area contributed by atoms with Crippen molar-refractivity contribution in [2.45, 2.75) is 69.7 Å². The molecule has 0 aromatic heterocycles. The highest BCUT2D eigenvalue weighted by Gasteiger charge is 2.35. The lowest BCUT2D eigenvalue weighted by Crippen LogP contribution is -2.47. The van der Waals surface area contributed by atoms with Gasteiger partial charge in [-0.25, -0.2) is 0 Å². The Balaban J connectivity index is 1.24. The lowest BCUT2D eigenvalue weighted by atomic mass is 9.86. The molecule has 2 aromatic carbocycles. The number of ether oxygens (including phenoxy) is 1. The Morgan fingerprint density at radius 1 is 0.853 bits per heavy atom. The van der Waals surface area contributed by atoms with Gasteiger partial charge in [-0.15, -0.1) is 0 Å². The molecule has 182 valence electrons. The number of nitrogens with zero attached hydrogens (tertiary/aromatic N) is 1. The van der Waals surface area contributed by atoms with Crippen LogP contribution >= 0.6 is 23.2 Å². The van der Waals surface area contributed by atoms with Crippen molar-refractivity contribution in [2.24, 2.45) is 5.92 Å². The minimum absolute atomic E-state index is 0.00574. The number of nitrogens with one attached hydrogen (secondary N) is 1. The third-order valence-electron chi connectivity index (χ3n) is 7.72. The van der Waals surface area contributed by atoms with Gasteiger partial charge in [-0.05, 0) is 68.0 Å². The highest BCUT2D eigenvalue weighted by Crippen LogP contribution is 2.46. The summed E-state index contributed by atoms with van der Waals surface area (Å²) in [7, 11) is 0. The minimum atomic E-state index is -0.482. The molecule has 2 heterocycles. The van der Waals surface area contributed by atoms with Gasteiger partial charge in [-0.1, -0.05) is 55.3 Å². The number of fused-ring (bicyclic) bond motifs is 2. The van der Waals surface area contributed by atoms with E-state index in [2.05, 4.69) is 10.2 Å². The number of hydrogen-bond donors (Lipinski definition) is 1. The molecule has 0 unspecified atom stereocenters. The summed E-state index contributed by atoms with van der Waals surface area (Å²) in [6, 6.07) is 11.1. The van der Waals surface area contributed by atoms with Crippen LogP contribution in [0.25, 0.3) is 0 Å². The van der Waals surface area contributed by atoms with Crippen LogP contribution in [0.3, 0.4) is 0 Å². The van der Waals surface area contributed by atoms with Gasteiger partial charge in [0, 0.05) is 46.8 Å². The standard InChI is InChI=1S/C28H34Cl2N2O2/c29-20-8-10-25-23(16-20)27(24-17-21(30)9-11-26(24)34-25)28(33)31-22-12-14-32(15-13-22)18-19-6-4-2-1-3-5-7-19/h8-11,16-17,19,22,27H,1-7,12-15,18H2,(H,31,33). The Morgan fingerprint density at radius 3 is 2.00 bits per heavy atom. The largest absolute Gasteiger partial charge is 0.457 e. The van der Waals surface area contributed by atoms with E-state index in [4.69, 9.17) is 27.9 Å². The lowest BCUT2D eigenvalue weighted by Gasteiger charge is -2.36. The molecule has 2 fully saturated rings. The second kappa shape index (κ2) is 10.9. The van der Waals surface area contributed by atoms with Crippen LogP contribution in [-0.4, -0.2) is 36.5 Å². The molecular weight excluding hydrogens is 467 g/mol. The zero-order valence-corrected chi connectivity index (χ0v) is 21.2. The molecule has 0 atom stereocenters. The van der Waals surface area contributed by atoms with E-state index < -0.39 is 5.92 Å². The maximum Gasteiger partial charge on any atom is 0.232 e. The fraction of sp³-hybridized carbons (Fsp3) is 0.536. The van der Waals surface area contributed by atoms with Crippen molar-refractivity contribution in [1.29, 1.82) is 0 Å². The summed E-state index contributed by atoms with van der Waals surface area (Å²) in [5.74, 6) is 1.70. The van der Waals surface area contributed by atoms with Gasteiger partial charge in [0.2, 0.25) is 5.91 Å². The van der Waals surface area contributed by atoms with Crippen LogP contribution in [0.2, 0.25) is 10.0 Å². The van der Waals surface area contributed by atoms with Gasteiger partial charge >= 0.3 is 0 Å². The molecule has 34 heavy (non-hydrogen) atoms. The van der Waals surface area contributed by atoms with E-state index >= 15 is 0 Å². The smallest absolute Gasteiger partial charge is 0.232 e. The maximum atomic E-state index is 13.6. The van der Waals surface area contributed by atoms with E-state index in [0.29, 0.717) is 21.5 Å². The van der Waals surface area contributed by atoms with Crippen LogP contribution in [0.5, 0.6) is 11.5 Å². The predicted octanol–water partition coefficient (Wildman–Crippen LogP) is 7.17. The van der Waals surface area contributed by atoms with Crippen molar-refractivity contribution in [1.82, 2.24) is 10.2 Å². The molecule has 4 nitrogen and oxygen atoms in total. The quantitative estimate of drug-likeness (QED) is 0.483. The molecule has 1 N–H and O–H groups in total. The number of halogens is 2. The summed E-state index contributed by atoms with van der Waals surface area (Å²) >= 11 is 12.6. The van der Waals surface area contributed by atoms with Crippen molar-refractivity contribution >= 4 is 29.1 Å². The Labute approximate surface area is 213 Å². The van der Waals surface area contributed by atoms with Gasteiger partial charge in [0.1, 0.15) is 11.5 Å². The number of carbonyl (C=O) groups excluding carboxylic acids is 1. The molecule has 3 aliphatic rings. The third kappa shape index (κ3) is 5.56. The number of likely N-dealkylation sites (tertiary alicyclic amines) is 1. The fourth-order valence-electron chi connectivity index (χ4n) is 5.88. The van der Waals surface area contributed by atoms with E-state index in [-0.39, 0.29) is 11.9 Å². The summed E-state index contributed by atoms with van der Waals surface area (Å²) in [6.45, 7) is 3.33. The van der Waals surface area contributed by atoms with Crippen molar-refractivity contribution in [3.63, 3.8) is 0 Å². The first kappa shape index (κ1) is 24.0. The first-order valence-electron chi connectivity index (χ1n) is 12.9. The fourth-order valence-corrected chi connectivity index (χ4v) is 6.24. The van der Waals surface area contributed by atoms with Crippen LogP contribution in [0.4, 0.5) is 0 Å². The van der Waals surface area contributed by atoms with Gasteiger partial charge in [0.25, 0.3) is 0 Å². The summed E-state index contributed by atoms with van der Waals surface area (Å²) in [6.07, 6.45) is 11.7. The van der Waals surface area contributed by atoms with E-state index in [1.54, 1.807) is 12.1 Å². The number of piperidine rings is 1. The van der Waals surface area contributed by atoms with Crippen LogP contribution in [-0.2, 0) is 4.79 Å². The molecule has 0 bridgehead atoms. The Bertz CT molecular complexity index is 960. The monoisotopic (exact) mass is 500 g/mol. The third-order valence-corrected chi connectivity index (χ3v) is 8.19. The molecule has 1 saturated heterocycles. The lowest BCUT2D eigenvalue weighted by molar-refractivity contribution is -0.122. The molecule has 1 amide bonds. The maximum absolute atomic E-state index is 13.6. The van der Waals surface area contributed by atoms with E-state index in [9.17, 15) is 4.79 Å². The first-order chi connectivity index (χ1) is 16.6. The Morgan fingerprint density at radius 2 is 1.41 bits per heavy atom. The zero-order valence-electron chi connectivity index (χ0n) is 19.7. The summed E-state index contributed by atoms with van der Waals surface area (Å²) in [5, 5.41) is 4.53. The molecular formula is C28H34Cl2N2O2. The van der Waals surface area contributed by atoms with Crippen LogP contribution < -0.4 is 10.1 Å². The SMILES string of the molecule is O=C(NC1CCN(CC2CCCCCCC2)CC1)C1c2cc(Cl)ccc2Oc2ccc(Cl)cc21. The number of benzene rings is 2. The van der Waals surface area contributed by atoms with Crippen LogP contribution in [0.15, 0.2) is 36.4 Å². The number of rotatable bonds is 4. The topological polar surface area (TPSA) is 41.6 Å². The average Bonchev–Trinajstić information content (AvgIpc) is 2.80. The Kier molecular flexibility index (Phi) is 7.67. The molecule has 6 heteroatoms. The molecule has 1 saturated carbocycles. The van der Waals surface area contributed by atoms with Crippen molar-refractivity contribution in [3.8, 4) is 11.5 Å². The number of hydrogen-bond acceptors (Lipinski definition) is 3. The zero-order chi connectivity index (χ0) is 23.5. The second-order valence-electron chi connectivity index (χ2n) is 10.2. The van der Waals surface area contributed by atoms with E-state index in [1.165, 1.54) is 51.5 Å². The van der Waals surface area contributed by atoms with Gasteiger partial charge in [-0.3, -0.25) is 4.79 Å². The Hall–Kier alpha value is -1.75. The van der Waals surface area contributed by atoms with Crippen molar-refractivity contribution < 1.29 is 9.53 Å². The number of carbonyl (C=O) groups is 1. The van der Waals surface area contributed by atoms with Crippen LogP contribution in [0, 0.1) is 5.92 Å². The highest BCUT2D eigenvalue weighted by molar-refractivity contribution is 6.31. The number of amides is 1. The van der Waals surface area contributed by atoms with E-state index in [0.717, 1.165) is 43.0 Å². The average molecular weight is 501 g/mol. The van der Waals surface area contributed by atoms with E-state index in [1.807, 2.05) is 24.3 Å². The molecule has 0 spiro atoms. The summed E-state index contributed by atoms with van der Waals surface area (Å²) in [5.41, 5.74) is 1.59. The molecule has 5 rings (SSSR count). The first-order valence-corrected chi connectivity index (χ1v) is 13.6. The molecule has 2 aromatic rings. The summed E-state index contributed by atoms with van der Waals surface area (Å²) in [4.78, 5) is 16.2. The van der Waals surface area contributed by atoms with Gasteiger partial charge in [0.05, 0.1) is 5.92 Å².